The van der Waals surface area contributed by atoms with Crippen LogP contribution in [0, 0.1) is 0 Å². The molecule has 0 heterocycles. The maximum absolute atomic E-state index is 13.3. The fourth-order valence-corrected chi connectivity index (χ4v) is 6.16. The molecular weight excluding hydrogens is 552 g/mol. The van der Waals surface area contributed by atoms with Crippen LogP contribution in [0.1, 0.15) is 30.0 Å². The van der Waals surface area contributed by atoms with Gasteiger partial charge in [-0.3, -0.25) is 19.2 Å². The van der Waals surface area contributed by atoms with Crippen molar-refractivity contribution in [1.29, 1.82) is 0 Å². The van der Waals surface area contributed by atoms with Gasteiger partial charge in [0.25, 0.3) is 0 Å². The summed E-state index contributed by atoms with van der Waals surface area (Å²) in [4.78, 5) is 51.9. The largest absolute Gasteiger partial charge is 0.480 e. The SMILES string of the molecule is CCC(NC(=O)CN(C)C)C(=O)NC(CSC(c1ccccc1)(c1ccccc1)c1ccccc1)C(=O)NCC(=O)O. The predicted octanol–water partition coefficient (Wildman–Crippen LogP) is 2.85. The first-order valence-electron chi connectivity index (χ1n) is 13.7. The third-order valence-electron chi connectivity index (χ3n) is 6.57. The summed E-state index contributed by atoms with van der Waals surface area (Å²) < 4.78 is -0.760. The summed E-state index contributed by atoms with van der Waals surface area (Å²) in [5, 5.41) is 17.1. The number of likely N-dealkylation sites (N-methyl/N-ethyl adjacent to an activating group) is 1. The van der Waals surface area contributed by atoms with Crippen LogP contribution in [0.4, 0.5) is 0 Å². The quantitative estimate of drug-likeness (QED) is 0.201. The number of carbonyl (C=O) groups excluding carboxylic acids is 3. The van der Waals surface area contributed by atoms with Gasteiger partial charge in [-0.25, -0.2) is 0 Å². The van der Waals surface area contributed by atoms with Crippen LogP contribution in [0.2, 0.25) is 0 Å². The number of benzene rings is 3. The second-order valence-electron chi connectivity index (χ2n) is 10.0. The second-order valence-corrected chi connectivity index (χ2v) is 11.3. The van der Waals surface area contributed by atoms with E-state index in [0.717, 1.165) is 16.7 Å². The topological polar surface area (TPSA) is 128 Å². The molecule has 4 N–H and O–H groups in total. The van der Waals surface area contributed by atoms with E-state index in [1.807, 2.05) is 91.0 Å². The van der Waals surface area contributed by atoms with Gasteiger partial charge in [-0.15, -0.1) is 11.8 Å². The van der Waals surface area contributed by atoms with E-state index in [9.17, 15) is 19.2 Å². The highest BCUT2D eigenvalue weighted by atomic mass is 32.2. The minimum atomic E-state index is -1.20. The zero-order chi connectivity index (χ0) is 30.5. The molecule has 3 aromatic rings. The molecule has 2 unspecified atom stereocenters. The van der Waals surface area contributed by atoms with Gasteiger partial charge < -0.3 is 26.0 Å². The van der Waals surface area contributed by atoms with Gasteiger partial charge in [0.1, 0.15) is 18.6 Å². The average Bonchev–Trinajstić information content (AvgIpc) is 2.99. The monoisotopic (exact) mass is 590 g/mol. The van der Waals surface area contributed by atoms with Crippen molar-refractivity contribution in [1.82, 2.24) is 20.9 Å². The maximum atomic E-state index is 13.3. The van der Waals surface area contributed by atoms with Crippen LogP contribution in [0.3, 0.4) is 0 Å². The zero-order valence-corrected chi connectivity index (χ0v) is 24.9. The first-order valence-corrected chi connectivity index (χ1v) is 14.7. The Morgan fingerprint density at radius 1 is 0.762 bits per heavy atom. The molecule has 0 saturated carbocycles. The number of thioether (sulfide) groups is 1. The van der Waals surface area contributed by atoms with Gasteiger partial charge in [-0.2, -0.15) is 0 Å². The highest BCUT2D eigenvalue weighted by molar-refractivity contribution is 8.00. The Hall–Kier alpha value is -4.15. The van der Waals surface area contributed by atoms with Crippen molar-refractivity contribution < 1.29 is 24.3 Å². The van der Waals surface area contributed by atoms with Crippen molar-refractivity contribution in [3.05, 3.63) is 108 Å². The molecule has 0 radical (unpaired) electrons. The number of rotatable bonds is 15. The van der Waals surface area contributed by atoms with Crippen molar-refractivity contribution in [3.63, 3.8) is 0 Å². The average molecular weight is 591 g/mol. The Bertz CT molecular complexity index is 1230. The summed E-state index contributed by atoms with van der Waals surface area (Å²) in [5.41, 5.74) is 2.93. The number of hydrogen-bond acceptors (Lipinski definition) is 6. The fourth-order valence-electron chi connectivity index (χ4n) is 4.60. The van der Waals surface area contributed by atoms with Crippen molar-refractivity contribution in [2.45, 2.75) is 30.2 Å². The molecular formula is C32H38N4O5S. The Kier molecular flexibility index (Phi) is 12.1. The van der Waals surface area contributed by atoms with E-state index < -0.39 is 41.2 Å². The van der Waals surface area contributed by atoms with Crippen molar-refractivity contribution in [2.24, 2.45) is 0 Å². The number of hydrogen-bond donors (Lipinski definition) is 4. The van der Waals surface area contributed by atoms with Gasteiger partial charge in [-0.1, -0.05) is 97.9 Å². The van der Waals surface area contributed by atoms with E-state index in [0.29, 0.717) is 6.42 Å². The van der Waals surface area contributed by atoms with Crippen LogP contribution in [-0.4, -0.2) is 78.7 Å². The molecule has 9 nitrogen and oxygen atoms in total. The molecule has 0 spiro atoms. The number of carbonyl (C=O) groups is 4. The smallest absolute Gasteiger partial charge is 0.322 e. The molecule has 2 atom stereocenters. The highest BCUT2D eigenvalue weighted by Crippen LogP contribution is 2.48. The summed E-state index contributed by atoms with van der Waals surface area (Å²) in [6.45, 7) is 1.28. The van der Waals surface area contributed by atoms with Crippen LogP contribution < -0.4 is 16.0 Å². The van der Waals surface area contributed by atoms with Gasteiger partial charge in [0.05, 0.1) is 11.3 Å². The molecule has 222 valence electrons. The molecule has 0 fully saturated rings. The molecule has 0 aliphatic heterocycles. The number of nitrogens with zero attached hydrogens (tertiary/aromatic N) is 1. The Morgan fingerprint density at radius 3 is 1.64 bits per heavy atom. The van der Waals surface area contributed by atoms with Gasteiger partial charge in [0.2, 0.25) is 17.7 Å². The molecule has 3 rings (SSSR count). The number of carboxylic acids is 1. The molecule has 0 aliphatic rings. The van der Waals surface area contributed by atoms with Crippen molar-refractivity contribution in [3.8, 4) is 0 Å². The maximum Gasteiger partial charge on any atom is 0.322 e. The molecule has 3 amide bonds. The third-order valence-corrected chi connectivity index (χ3v) is 8.21. The highest BCUT2D eigenvalue weighted by Gasteiger charge is 2.39. The lowest BCUT2D eigenvalue weighted by atomic mass is 9.84. The third kappa shape index (κ3) is 8.67. The fraction of sp³-hybridized carbons (Fsp3) is 0.312. The molecule has 3 aromatic carbocycles. The minimum absolute atomic E-state index is 0.107. The molecule has 0 aliphatic carbocycles. The van der Waals surface area contributed by atoms with Gasteiger partial charge in [0.15, 0.2) is 0 Å². The summed E-state index contributed by atoms with van der Waals surface area (Å²) >= 11 is 1.47. The first-order chi connectivity index (χ1) is 20.2. The van der Waals surface area contributed by atoms with Crippen molar-refractivity contribution >= 4 is 35.5 Å². The van der Waals surface area contributed by atoms with Crippen molar-refractivity contribution in [2.75, 3.05) is 32.9 Å². The van der Waals surface area contributed by atoms with Gasteiger partial charge in [0, 0.05) is 5.75 Å². The van der Waals surface area contributed by atoms with E-state index in [-0.39, 0.29) is 18.2 Å². The van der Waals surface area contributed by atoms with E-state index in [1.165, 1.54) is 11.8 Å². The minimum Gasteiger partial charge on any atom is -0.480 e. The summed E-state index contributed by atoms with van der Waals surface area (Å²) in [6, 6.07) is 27.8. The molecule has 0 aromatic heterocycles. The predicted molar refractivity (Wildman–Crippen MR) is 165 cm³/mol. The number of nitrogens with one attached hydrogen (secondary N) is 3. The molecule has 42 heavy (non-hydrogen) atoms. The van der Waals surface area contributed by atoms with Gasteiger partial charge >= 0.3 is 5.97 Å². The van der Waals surface area contributed by atoms with E-state index in [1.54, 1.807) is 25.9 Å². The number of aliphatic carboxylic acids is 1. The van der Waals surface area contributed by atoms with Crippen LogP contribution in [-0.2, 0) is 23.9 Å². The molecule has 0 saturated heterocycles. The first kappa shape index (κ1) is 32.4. The van der Waals surface area contributed by atoms with Crippen LogP contribution in [0.5, 0.6) is 0 Å². The molecule has 0 bridgehead atoms. The number of amides is 3. The summed E-state index contributed by atoms with van der Waals surface area (Å²) in [7, 11) is 3.50. The van der Waals surface area contributed by atoms with Crippen LogP contribution in [0.25, 0.3) is 0 Å². The van der Waals surface area contributed by atoms with E-state index in [4.69, 9.17) is 5.11 Å². The zero-order valence-electron chi connectivity index (χ0n) is 24.1. The second kappa shape index (κ2) is 15.7. The van der Waals surface area contributed by atoms with Crippen LogP contribution in [0.15, 0.2) is 91.0 Å². The molecule has 10 heteroatoms. The Labute approximate surface area is 251 Å². The lowest BCUT2D eigenvalue weighted by Crippen LogP contribution is -2.55. The lowest BCUT2D eigenvalue weighted by Gasteiger charge is -2.36. The van der Waals surface area contributed by atoms with E-state index in [2.05, 4.69) is 16.0 Å². The van der Waals surface area contributed by atoms with Crippen LogP contribution >= 0.6 is 11.8 Å². The summed E-state index contributed by atoms with van der Waals surface area (Å²) in [5.74, 6) is -2.56. The standard InChI is InChI=1S/C32H38N4O5S/c1-4-26(34-28(37)21-36(2)3)31(41)35-27(30(40)33-20-29(38)39)22-42-32(23-14-8-5-9-15-23,24-16-10-6-11-17-24)25-18-12-7-13-19-25/h5-19,26-27H,4,20-22H2,1-3H3,(H,33,40)(H,34,37)(H,35,41)(H,38,39). The Morgan fingerprint density at radius 2 is 1.24 bits per heavy atom. The Balaban J connectivity index is 2.00. The van der Waals surface area contributed by atoms with Gasteiger partial charge in [-0.05, 0) is 37.2 Å². The summed E-state index contributed by atoms with van der Waals surface area (Å²) in [6.07, 6.45) is 0.309. The lowest BCUT2D eigenvalue weighted by molar-refractivity contribution is -0.138. The van der Waals surface area contributed by atoms with E-state index >= 15 is 0 Å². The number of carboxylic acid groups (broad SMARTS) is 1. The normalized spacial score (nSPS) is 12.7.